The van der Waals surface area contributed by atoms with Gasteiger partial charge >= 0.3 is 0 Å². The van der Waals surface area contributed by atoms with Crippen molar-refractivity contribution in [3.8, 4) is 5.75 Å². The summed E-state index contributed by atoms with van der Waals surface area (Å²) in [6.45, 7) is 9.12. The largest absolute Gasteiger partial charge is 0.497 e. The monoisotopic (exact) mass is 336 g/mol. The van der Waals surface area contributed by atoms with Gasteiger partial charge in [-0.2, -0.15) is 0 Å². The minimum atomic E-state index is 0.190. The maximum Gasteiger partial charge on any atom is 0.121 e. The molecule has 1 heterocycles. The van der Waals surface area contributed by atoms with Gasteiger partial charge in [-0.3, -0.25) is 4.99 Å². The van der Waals surface area contributed by atoms with Crippen molar-refractivity contribution in [3.63, 3.8) is 0 Å². The van der Waals surface area contributed by atoms with E-state index in [1.54, 1.807) is 7.11 Å². The van der Waals surface area contributed by atoms with E-state index in [-0.39, 0.29) is 5.54 Å². The van der Waals surface area contributed by atoms with Gasteiger partial charge in [0, 0.05) is 30.6 Å². The van der Waals surface area contributed by atoms with Crippen molar-refractivity contribution in [1.29, 1.82) is 0 Å². The van der Waals surface area contributed by atoms with E-state index in [1.165, 1.54) is 22.4 Å². The van der Waals surface area contributed by atoms with Gasteiger partial charge in [-0.25, -0.2) is 0 Å². The molecule has 1 unspecified atom stereocenters. The molecule has 1 aliphatic rings. The van der Waals surface area contributed by atoms with Crippen LogP contribution >= 0.6 is 0 Å². The predicted molar refractivity (Wildman–Crippen MR) is 107 cm³/mol. The Morgan fingerprint density at radius 3 is 2.72 bits per heavy atom. The molecule has 0 saturated carbocycles. The van der Waals surface area contributed by atoms with Gasteiger partial charge in [0.15, 0.2) is 0 Å². The zero-order chi connectivity index (χ0) is 18.2. The highest BCUT2D eigenvalue weighted by molar-refractivity contribution is 5.86. The third kappa shape index (κ3) is 3.41. The van der Waals surface area contributed by atoms with Crippen LogP contribution in [0.3, 0.4) is 0 Å². The molecule has 3 nitrogen and oxygen atoms in total. The van der Waals surface area contributed by atoms with Crippen LogP contribution in [0.15, 0.2) is 41.4 Å². The van der Waals surface area contributed by atoms with E-state index in [1.807, 2.05) is 30.5 Å². The van der Waals surface area contributed by atoms with E-state index < -0.39 is 0 Å². The summed E-state index contributed by atoms with van der Waals surface area (Å²) in [4.78, 5) is 7.06. The molecule has 0 bridgehead atoms. The number of rotatable bonds is 3. The minimum Gasteiger partial charge on any atom is -0.497 e. The van der Waals surface area contributed by atoms with Crippen molar-refractivity contribution >= 4 is 17.6 Å². The molecule has 1 atom stereocenters. The molecular weight excluding hydrogens is 308 g/mol. The van der Waals surface area contributed by atoms with Crippen LogP contribution in [0.4, 0.5) is 11.4 Å². The summed E-state index contributed by atoms with van der Waals surface area (Å²) in [6, 6.07) is 12.5. The second kappa shape index (κ2) is 6.55. The first-order valence-electron chi connectivity index (χ1n) is 8.88. The zero-order valence-corrected chi connectivity index (χ0v) is 16.1. The van der Waals surface area contributed by atoms with E-state index in [0.717, 1.165) is 17.9 Å². The van der Waals surface area contributed by atoms with Crippen molar-refractivity contribution < 1.29 is 4.74 Å². The second-order valence-corrected chi connectivity index (χ2v) is 7.70. The van der Waals surface area contributed by atoms with Crippen LogP contribution < -0.4 is 9.64 Å². The van der Waals surface area contributed by atoms with Crippen LogP contribution in [-0.4, -0.2) is 25.9 Å². The van der Waals surface area contributed by atoms with Gasteiger partial charge in [0.2, 0.25) is 0 Å². The van der Waals surface area contributed by atoms with E-state index in [0.29, 0.717) is 5.92 Å². The number of anilines is 1. The summed E-state index contributed by atoms with van der Waals surface area (Å²) < 4.78 is 5.27. The van der Waals surface area contributed by atoms with Gasteiger partial charge in [0.05, 0.1) is 12.8 Å². The summed E-state index contributed by atoms with van der Waals surface area (Å²) in [5.41, 5.74) is 6.29. The standard InChI is InChI=1S/C22H28N2O/c1-15-10-21-20(16(2)13-22(3,4)24(21)5)11-17(15)14-23-18-8-7-9-19(12-18)25-6/h7-12,14,16H,13H2,1-6H3. The molecule has 0 amide bonds. The summed E-state index contributed by atoms with van der Waals surface area (Å²) in [5.74, 6) is 1.38. The van der Waals surface area contributed by atoms with Crippen molar-refractivity contribution in [2.24, 2.45) is 4.99 Å². The lowest BCUT2D eigenvalue weighted by atomic mass is 9.79. The van der Waals surface area contributed by atoms with Gasteiger partial charge < -0.3 is 9.64 Å². The molecule has 0 saturated heterocycles. The Morgan fingerprint density at radius 1 is 1.24 bits per heavy atom. The van der Waals surface area contributed by atoms with Crippen molar-refractivity contribution in [1.82, 2.24) is 0 Å². The molecule has 25 heavy (non-hydrogen) atoms. The summed E-state index contributed by atoms with van der Waals surface area (Å²) >= 11 is 0. The highest BCUT2D eigenvalue weighted by atomic mass is 16.5. The smallest absolute Gasteiger partial charge is 0.121 e. The van der Waals surface area contributed by atoms with Crippen LogP contribution in [0.1, 0.15) is 49.8 Å². The van der Waals surface area contributed by atoms with Gasteiger partial charge in [0.1, 0.15) is 5.75 Å². The van der Waals surface area contributed by atoms with E-state index in [2.05, 4.69) is 56.8 Å². The second-order valence-electron chi connectivity index (χ2n) is 7.70. The zero-order valence-electron chi connectivity index (χ0n) is 16.1. The fourth-order valence-electron chi connectivity index (χ4n) is 3.71. The number of nitrogens with zero attached hydrogens (tertiary/aromatic N) is 2. The van der Waals surface area contributed by atoms with E-state index in [4.69, 9.17) is 4.74 Å². The Kier molecular flexibility index (Phi) is 4.59. The fraction of sp³-hybridized carbons (Fsp3) is 0.409. The highest BCUT2D eigenvalue weighted by Crippen LogP contribution is 2.43. The first-order chi connectivity index (χ1) is 11.8. The molecule has 0 radical (unpaired) electrons. The first kappa shape index (κ1) is 17.5. The topological polar surface area (TPSA) is 24.8 Å². The molecule has 2 aromatic carbocycles. The van der Waals surface area contributed by atoms with Gasteiger partial charge in [0.25, 0.3) is 0 Å². The number of aryl methyl sites for hydroxylation is 1. The molecule has 1 aliphatic heterocycles. The lowest BCUT2D eigenvalue weighted by molar-refractivity contribution is 0.395. The van der Waals surface area contributed by atoms with Crippen molar-refractivity contribution in [2.45, 2.75) is 45.6 Å². The Hall–Kier alpha value is -2.29. The number of hydrogen-bond acceptors (Lipinski definition) is 3. The van der Waals surface area contributed by atoms with Gasteiger partial charge in [-0.15, -0.1) is 0 Å². The molecule has 0 N–H and O–H groups in total. The number of methoxy groups -OCH3 is 1. The van der Waals surface area contributed by atoms with Gasteiger partial charge in [-0.05, 0) is 74.1 Å². The Bertz CT molecular complexity index is 808. The van der Waals surface area contributed by atoms with Crippen LogP contribution in [0.25, 0.3) is 0 Å². The van der Waals surface area contributed by atoms with E-state index in [9.17, 15) is 0 Å². The predicted octanol–water partition coefficient (Wildman–Crippen LogP) is 5.48. The van der Waals surface area contributed by atoms with Gasteiger partial charge in [-0.1, -0.05) is 13.0 Å². The molecule has 3 heteroatoms. The number of fused-ring (bicyclic) bond motifs is 1. The summed E-state index contributed by atoms with van der Waals surface area (Å²) in [6.07, 6.45) is 3.13. The molecule has 0 spiro atoms. The molecule has 0 fully saturated rings. The fourth-order valence-corrected chi connectivity index (χ4v) is 3.71. The molecule has 0 aliphatic carbocycles. The number of aliphatic imine (C=N–C) groups is 1. The third-order valence-electron chi connectivity index (χ3n) is 5.43. The average molecular weight is 336 g/mol. The Morgan fingerprint density at radius 2 is 2.00 bits per heavy atom. The summed E-state index contributed by atoms with van der Waals surface area (Å²) in [7, 11) is 3.88. The molecule has 3 rings (SSSR count). The van der Waals surface area contributed by atoms with Crippen LogP contribution in [0, 0.1) is 6.92 Å². The lowest BCUT2D eigenvalue weighted by Crippen LogP contribution is -2.45. The van der Waals surface area contributed by atoms with Crippen molar-refractivity contribution in [2.75, 3.05) is 19.1 Å². The third-order valence-corrected chi connectivity index (χ3v) is 5.43. The molecular formula is C22H28N2O. The van der Waals surface area contributed by atoms with E-state index >= 15 is 0 Å². The minimum absolute atomic E-state index is 0.190. The summed E-state index contributed by atoms with van der Waals surface area (Å²) in [5, 5.41) is 0. The maximum atomic E-state index is 5.27. The van der Waals surface area contributed by atoms with Crippen LogP contribution in [0.5, 0.6) is 5.75 Å². The molecule has 0 aromatic heterocycles. The Labute approximate surface area is 151 Å². The van der Waals surface area contributed by atoms with Crippen molar-refractivity contribution in [3.05, 3.63) is 53.1 Å². The quantitative estimate of drug-likeness (QED) is 0.694. The molecule has 132 valence electrons. The maximum absolute atomic E-state index is 5.27. The number of hydrogen-bond donors (Lipinski definition) is 0. The lowest BCUT2D eigenvalue weighted by Gasteiger charge is -2.45. The number of benzene rings is 2. The normalized spacial score (nSPS) is 19.1. The average Bonchev–Trinajstić information content (AvgIpc) is 2.58. The molecule has 2 aromatic rings. The SMILES string of the molecule is COc1cccc(N=Cc2cc3c(cc2C)N(C)C(C)(C)CC3C)c1. The number of ether oxygens (including phenoxy) is 1. The van der Waals surface area contributed by atoms with Crippen LogP contribution in [0.2, 0.25) is 0 Å². The highest BCUT2D eigenvalue weighted by Gasteiger charge is 2.34. The first-order valence-corrected chi connectivity index (χ1v) is 8.88. The van der Waals surface area contributed by atoms with Crippen LogP contribution in [-0.2, 0) is 0 Å². The Balaban J connectivity index is 1.96.